The summed E-state index contributed by atoms with van der Waals surface area (Å²) in [4.78, 5) is 29.5. The molecule has 1 N–H and O–H groups in total. The van der Waals surface area contributed by atoms with Gasteiger partial charge in [-0.15, -0.1) is 0 Å². The number of rotatable bonds is 17. The first kappa shape index (κ1) is 37.5. The largest absolute Gasteiger partial charge is 0.497 e. The summed E-state index contributed by atoms with van der Waals surface area (Å²) in [6.07, 6.45) is 0.722. The first-order valence-electron chi connectivity index (χ1n) is 15.9. The van der Waals surface area contributed by atoms with E-state index in [9.17, 15) is 18.0 Å². The topological polar surface area (TPSA) is 124 Å². The van der Waals surface area contributed by atoms with Gasteiger partial charge in [-0.1, -0.05) is 55.5 Å². The maximum Gasteiger partial charge on any atom is 0.265 e. The van der Waals surface area contributed by atoms with Crippen LogP contribution >= 0.6 is 0 Å². The summed E-state index contributed by atoms with van der Waals surface area (Å²) in [7, 11) is 1.02. The third-order valence-electron chi connectivity index (χ3n) is 8.00. The summed E-state index contributed by atoms with van der Waals surface area (Å²) in [5.41, 5.74) is 0.895. The second kappa shape index (κ2) is 17.4. The lowest BCUT2D eigenvalue weighted by Crippen LogP contribution is -2.53. The van der Waals surface area contributed by atoms with Gasteiger partial charge in [-0.2, -0.15) is 0 Å². The number of benzene rings is 4. The van der Waals surface area contributed by atoms with E-state index in [1.54, 1.807) is 12.1 Å². The molecule has 0 radical (unpaired) electrons. The van der Waals surface area contributed by atoms with Gasteiger partial charge in [-0.3, -0.25) is 13.9 Å². The van der Waals surface area contributed by atoms with Crippen molar-refractivity contribution >= 4 is 27.5 Å². The highest BCUT2D eigenvalue weighted by atomic mass is 32.2. The van der Waals surface area contributed by atoms with E-state index in [1.807, 2.05) is 37.3 Å². The zero-order valence-electron chi connectivity index (χ0n) is 28.7. The van der Waals surface area contributed by atoms with Gasteiger partial charge in [0.05, 0.1) is 39.0 Å². The summed E-state index contributed by atoms with van der Waals surface area (Å²) in [6.45, 7) is 1.13. The molecule has 4 aromatic rings. The molecule has 0 bridgehead atoms. The number of amides is 2. The van der Waals surface area contributed by atoms with Gasteiger partial charge < -0.3 is 29.2 Å². The summed E-state index contributed by atoms with van der Waals surface area (Å²) < 4.78 is 66.9. The second-order valence-electron chi connectivity index (χ2n) is 11.2. The number of ether oxygens (including phenoxy) is 4. The van der Waals surface area contributed by atoms with E-state index in [1.165, 1.54) is 81.9 Å². The van der Waals surface area contributed by atoms with Gasteiger partial charge in [-0.25, -0.2) is 12.8 Å². The third-order valence-corrected chi connectivity index (χ3v) is 9.75. The normalized spacial score (nSPS) is 11.6. The van der Waals surface area contributed by atoms with Crippen molar-refractivity contribution in [2.45, 2.75) is 37.2 Å². The molecular formula is C37H42FN3O8S. The lowest BCUT2D eigenvalue weighted by atomic mass is 10.0. The predicted octanol–water partition coefficient (Wildman–Crippen LogP) is 5.22. The van der Waals surface area contributed by atoms with Gasteiger partial charge in [0.1, 0.15) is 29.9 Å². The average molecular weight is 708 g/mol. The Morgan fingerprint density at radius 3 is 2.10 bits per heavy atom. The van der Waals surface area contributed by atoms with Crippen molar-refractivity contribution < 1.29 is 41.3 Å². The second-order valence-corrected chi connectivity index (χ2v) is 13.0. The van der Waals surface area contributed by atoms with E-state index in [-0.39, 0.29) is 40.6 Å². The fourth-order valence-electron chi connectivity index (χ4n) is 5.34. The van der Waals surface area contributed by atoms with Crippen LogP contribution in [0, 0.1) is 5.82 Å². The number of anilines is 1. The highest BCUT2D eigenvalue weighted by molar-refractivity contribution is 7.92. The van der Waals surface area contributed by atoms with Crippen molar-refractivity contribution in [2.75, 3.05) is 45.8 Å². The average Bonchev–Trinajstić information content (AvgIpc) is 3.14. The zero-order chi connectivity index (χ0) is 36.3. The van der Waals surface area contributed by atoms with E-state index in [4.69, 9.17) is 18.9 Å². The Labute approximate surface area is 292 Å². The zero-order valence-corrected chi connectivity index (χ0v) is 29.5. The molecule has 0 fully saturated rings. The van der Waals surface area contributed by atoms with Crippen LogP contribution in [0.4, 0.5) is 10.1 Å². The Morgan fingerprint density at radius 2 is 1.46 bits per heavy atom. The van der Waals surface area contributed by atoms with E-state index in [2.05, 4.69) is 5.32 Å². The van der Waals surface area contributed by atoms with Crippen molar-refractivity contribution in [3.63, 3.8) is 0 Å². The maximum atomic E-state index is 15.2. The van der Waals surface area contributed by atoms with E-state index < -0.39 is 40.2 Å². The van der Waals surface area contributed by atoms with Crippen LogP contribution in [0.3, 0.4) is 0 Å². The molecule has 0 aliphatic heterocycles. The van der Waals surface area contributed by atoms with Crippen LogP contribution in [0.5, 0.6) is 23.0 Å². The fraction of sp³-hybridized carbons (Fsp3) is 0.297. The minimum Gasteiger partial charge on any atom is -0.497 e. The number of carbonyl (C=O) groups excluding carboxylic acids is 2. The number of nitrogens with zero attached hydrogens (tertiary/aromatic N) is 2. The minimum absolute atomic E-state index is 0.00382. The molecule has 1 unspecified atom stereocenters. The molecule has 13 heteroatoms. The van der Waals surface area contributed by atoms with Crippen molar-refractivity contribution in [2.24, 2.45) is 0 Å². The number of hydrogen-bond donors (Lipinski definition) is 1. The highest BCUT2D eigenvalue weighted by Gasteiger charge is 2.36. The molecular weight excluding hydrogens is 665 g/mol. The van der Waals surface area contributed by atoms with Crippen molar-refractivity contribution in [1.82, 2.24) is 10.2 Å². The van der Waals surface area contributed by atoms with Crippen molar-refractivity contribution in [3.8, 4) is 23.0 Å². The van der Waals surface area contributed by atoms with E-state index in [0.717, 1.165) is 9.87 Å². The Balaban J connectivity index is 1.90. The molecule has 2 amide bonds. The van der Waals surface area contributed by atoms with Crippen molar-refractivity contribution in [1.29, 1.82) is 0 Å². The van der Waals surface area contributed by atoms with Crippen LogP contribution in [0.25, 0.3) is 0 Å². The first-order valence-corrected chi connectivity index (χ1v) is 17.3. The lowest BCUT2D eigenvalue weighted by molar-refractivity contribution is -0.140. The number of nitrogens with one attached hydrogen (secondary N) is 1. The Morgan fingerprint density at radius 1 is 0.800 bits per heavy atom. The summed E-state index contributed by atoms with van der Waals surface area (Å²) in [6, 6.07) is 22.5. The summed E-state index contributed by atoms with van der Waals surface area (Å²) in [5, 5.41) is 2.87. The van der Waals surface area contributed by atoms with Crippen LogP contribution in [-0.4, -0.2) is 72.7 Å². The van der Waals surface area contributed by atoms with E-state index >= 15 is 4.39 Å². The number of sulfonamides is 1. The van der Waals surface area contributed by atoms with Gasteiger partial charge in [0.25, 0.3) is 10.0 Å². The van der Waals surface area contributed by atoms with Gasteiger partial charge >= 0.3 is 0 Å². The molecule has 0 aliphatic rings. The lowest BCUT2D eigenvalue weighted by Gasteiger charge is -2.34. The molecule has 0 spiro atoms. The van der Waals surface area contributed by atoms with Crippen LogP contribution < -0.4 is 28.6 Å². The van der Waals surface area contributed by atoms with Gasteiger partial charge in [0, 0.05) is 37.2 Å². The number of halogens is 1. The number of carbonyl (C=O) groups is 2. The smallest absolute Gasteiger partial charge is 0.265 e. The quantitative estimate of drug-likeness (QED) is 0.159. The monoisotopic (exact) mass is 707 g/mol. The number of methoxy groups -OCH3 is 4. The predicted molar refractivity (Wildman–Crippen MR) is 188 cm³/mol. The molecule has 0 aromatic heterocycles. The molecule has 0 saturated heterocycles. The molecule has 0 aliphatic carbocycles. The summed E-state index contributed by atoms with van der Waals surface area (Å²) in [5.74, 6) is -0.944. The fourth-order valence-corrected chi connectivity index (χ4v) is 6.77. The van der Waals surface area contributed by atoms with Gasteiger partial charge in [0.15, 0.2) is 11.5 Å². The Kier molecular flexibility index (Phi) is 13.0. The van der Waals surface area contributed by atoms with Crippen molar-refractivity contribution in [3.05, 3.63) is 108 Å². The summed E-state index contributed by atoms with van der Waals surface area (Å²) >= 11 is 0. The molecule has 4 aromatic carbocycles. The third kappa shape index (κ3) is 8.83. The SMILES string of the molecule is CCCNC(=O)C(Cc1ccccc1)N(Cc1ccccc1F)C(=O)CN(c1cc(OC)ccc1OC)S(=O)(=O)c1ccc(OC)c(OC)c1. The van der Waals surface area contributed by atoms with Crippen LogP contribution in [-0.2, 0) is 32.6 Å². The van der Waals surface area contributed by atoms with Gasteiger partial charge in [-0.05, 0) is 42.3 Å². The van der Waals surface area contributed by atoms with E-state index in [0.29, 0.717) is 24.5 Å². The number of hydrogen-bond acceptors (Lipinski definition) is 8. The molecule has 0 saturated carbocycles. The maximum absolute atomic E-state index is 15.2. The molecule has 11 nitrogen and oxygen atoms in total. The molecule has 4 rings (SSSR count). The Bertz CT molecular complexity index is 1870. The van der Waals surface area contributed by atoms with Crippen LogP contribution in [0.15, 0.2) is 95.9 Å². The Hall–Kier alpha value is -5.30. The van der Waals surface area contributed by atoms with Crippen LogP contribution in [0.1, 0.15) is 24.5 Å². The molecule has 50 heavy (non-hydrogen) atoms. The molecule has 1 atom stereocenters. The standard InChI is InChI=1S/C37H42FN3O8S/c1-6-20-39-37(43)32(21-26-12-8-7-9-13-26)40(24-27-14-10-11-15-30(27)38)36(42)25-41(31-22-28(46-2)16-18-33(31)47-3)50(44,45)29-17-19-34(48-4)35(23-29)49-5/h7-19,22-23,32H,6,20-21,24-25H2,1-5H3,(H,39,43). The highest BCUT2D eigenvalue weighted by Crippen LogP contribution is 2.38. The minimum atomic E-state index is -4.56. The van der Waals surface area contributed by atoms with Gasteiger partial charge in [0.2, 0.25) is 11.8 Å². The first-order chi connectivity index (χ1) is 24.1. The molecule has 0 heterocycles. The molecule has 266 valence electrons. The van der Waals surface area contributed by atoms with Crippen LogP contribution in [0.2, 0.25) is 0 Å².